The summed E-state index contributed by atoms with van der Waals surface area (Å²) in [5.74, 6) is -0.453. The average Bonchev–Trinajstić information content (AvgIpc) is 2.56. The number of alkyl halides is 3. The van der Waals surface area contributed by atoms with Crippen LogP contribution in [-0.2, 0) is 0 Å². The van der Waals surface area contributed by atoms with E-state index in [1.807, 2.05) is 0 Å². The normalized spacial score (nSPS) is 11.7. The number of pyridine rings is 1. The van der Waals surface area contributed by atoms with Gasteiger partial charge in [-0.2, -0.15) is 13.2 Å². The molecule has 7 heteroatoms. The van der Waals surface area contributed by atoms with Crippen LogP contribution in [-0.4, -0.2) is 17.8 Å². The van der Waals surface area contributed by atoms with Crippen molar-refractivity contribution in [3.63, 3.8) is 0 Å². The molecule has 1 N–H and O–H groups in total. The van der Waals surface area contributed by atoms with Crippen molar-refractivity contribution in [2.24, 2.45) is 0 Å². The van der Waals surface area contributed by atoms with E-state index in [1.165, 1.54) is 30.5 Å². The van der Waals surface area contributed by atoms with E-state index in [-0.39, 0.29) is 17.0 Å². The minimum absolute atomic E-state index is 0.0663. The van der Waals surface area contributed by atoms with Gasteiger partial charge >= 0.3 is 6.18 Å². The van der Waals surface area contributed by atoms with Crippen LogP contribution in [0.2, 0.25) is 0 Å². The van der Waals surface area contributed by atoms with Gasteiger partial charge in [0, 0.05) is 11.8 Å². The summed E-state index contributed by atoms with van der Waals surface area (Å²) in [6, 6.07) is 8.68. The van der Waals surface area contributed by atoms with Gasteiger partial charge in [0.25, 0.3) is 5.56 Å². The summed E-state index contributed by atoms with van der Waals surface area (Å²) in [5, 5.41) is 0.664. The first kappa shape index (κ1) is 17.0. The number of rotatable bonds is 3. The van der Waals surface area contributed by atoms with Crippen molar-refractivity contribution in [1.82, 2.24) is 4.98 Å². The van der Waals surface area contributed by atoms with Gasteiger partial charge in [-0.05, 0) is 47.7 Å². The first-order chi connectivity index (χ1) is 11.8. The molecule has 0 spiro atoms. The molecule has 130 valence electrons. The fourth-order valence-corrected chi connectivity index (χ4v) is 2.62. The second-order valence-corrected chi connectivity index (χ2v) is 5.56. The van der Waals surface area contributed by atoms with E-state index in [1.54, 1.807) is 19.1 Å². The van der Waals surface area contributed by atoms with Crippen LogP contribution in [0.5, 0.6) is 5.75 Å². The van der Waals surface area contributed by atoms with Crippen molar-refractivity contribution in [2.45, 2.75) is 13.1 Å². The van der Waals surface area contributed by atoms with Crippen LogP contribution >= 0.6 is 0 Å². The van der Waals surface area contributed by atoms with Crippen molar-refractivity contribution in [1.29, 1.82) is 0 Å². The molecule has 0 aliphatic carbocycles. The third-order valence-corrected chi connectivity index (χ3v) is 3.83. The predicted octanol–water partition coefficient (Wildman–Crippen LogP) is 4.58. The number of H-pyrrole nitrogens is 1. The highest BCUT2D eigenvalue weighted by molar-refractivity contribution is 5.97. The number of aromatic amines is 1. The molecule has 1 heterocycles. The Morgan fingerprint density at radius 2 is 1.84 bits per heavy atom. The quantitative estimate of drug-likeness (QED) is 0.702. The minimum atomic E-state index is -4.47. The molecule has 0 atom stereocenters. The third-order valence-electron chi connectivity index (χ3n) is 3.83. The van der Waals surface area contributed by atoms with Gasteiger partial charge in [0.15, 0.2) is 6.61 Å². The number of ether oxygens (including phenoxy) is 1. The fraction of sp³-hybridized carbons (Fsp3) is 0.167. The molecule has 2 aromatic carbocycles. The first-order valence-corrected chi connectivity index (χ1v) is 7.37. The van der Waals surface area contributed by atoms with E-state index in [9.17, 15) is 22.4 Å². The Balaban J connectivity index is 2.12. The van der Waals surface area contributed by atoms with E-state index in [0.717, 1.165) is 0 Å². The Labute approximate surface area is 139 Å². The summed E-state index contributed by atoms with van der Waals surface area (Å²) in [7, 11) is 0. The second-order valence-electron chi connectivity index (χ2n) is 5.56. The second kappa shape index (κ2) is 6.23. The Bertz CT molecular complexity index is 993. The summed E-state index contributed by atoms with van der Waals surface area (Å²) in [6.45, 7) is 0.168. The number of hydrogen-bond donors (Lipinski definition) is 1. The molecular formula is C18H13F4NO2. The van der Waals surface area contributed by atoms with Crippen LogP contribution in [0.25, 0.3) is 21.9 Å². The van der Waals surface area contributed by atoms with Gasteiger partial charge in [0.05, 0.1) is 5.39 Å². The molecule has 0 aliphatic rings. The lowest BCUT2D eigenvalue weighted by Crippen LogP contribution is -2.19. The summed E-state index contributed by atoms with van der Waals surface area (Å²) < 4.78 is 55.3. The molecule has 0 saturated carbocycles. The Kier molecular flexibility index (Phi) is 4.24. The van der Waals surface area contributed by atoms with Crippen molar-refractivity contribution in [3.8, 4) is 16.9 Å². The number of nitrogens with one attached hydrogen (secondary N) is 1. The first-order valence-electron chi connectivity index (χ1n) is 7.37. The van der Waals surface area contributed by atoms with E-state index in [2.05, 4.69) is 9.72 Å². The number of benzene rings is 2. The van der Waals surface area contributed by atoms with Crippen molar-refractivity contribution in [3.05, 3.63) is 64.3 Å². The van der Waals surface area contributed by atoms with Crippen LogP contribution < -0.4 is 10.3 Å². The largest absolute Gasteiger partial charge is 0.484 e. The van der Waals surface area contributed by atoms with Crippen LogP contribution in [0, 0.1) is 12.7 Å². The summed E-state index contributed by atoms with van der Waals surface area (Å²) in [4.78, 5) is 14.6. The van der Waals surface area contributed by atoms with Crippen LogP contribution in [0.3, 0.4) is 0 Å². The van der Waals surface area contributed by atoms with E-state index < -0.39 is 18.3 Å². The van der Waals surface area contributed by atoms with E-state index >= 15 is 0 Å². The summed E-state index contributed by atoms with van der Waals surface area (Å²) >= 11 is 0. The maximum absolute atomic E-state index is 13.8. The van der Waals surface area contributed by atoms with Crippen LogP contribution in [0.4, 0.5) is 17.6 Å². The number of aromatic nitrogens is 1. The van der Waals surface area contributed by atoms with Gasteiger partial charge < -0.3 is 9.72 Å². The Morgan fingerprint density at radius 1 is 1.08 bits per heavy atom. The lowest BCUT2D eigenvalue weighted by atomic mass is 9.97. The van der Waals surface area contributed by atoms with Crippen molar-refractivity contribution < 1.29 is 22.3 Å². The molecule has 0 amide bonds. The molecule has 0 unspecified atom stereocenters. The van der Waals surface area contributed by atoms with E-state index in [4.69, 9.17) is 0 Å². The van der Waals surface area contributed by atoms with Gasteiger partial charge in [-0.1, -0.05) is 12.1 Å². The number of hydrogen-bond acceptors (Lipinski definition) is 2. The van der Waals surface area contributed by atoms with Crippen molar-refractivity contribution in [2.75, 3.05) is 6.61 Å². The van der Waals surface area contributed by atoms with Gasteiger partial charge in [-0.25, -0.2) is 4.39 Å². The molecule has 0 bridgehead atoms. The zero-order valence-corrected chi connectivity index (χ0v) is 13.1. The topological polar surface area (TPSA) is 42.1 Å². The molecule has 3 aromatic rings. The minimum Gasteiger partial charge on any atom is -0.484 e. The standard InChI is InChI=1S/C18H13F4NO2/c1-10-12(3-2-4-16(10)19)15-8-23-17(24)14-7-11(5-6-13(14)15)25-9-18(20,21)22/h2-8H,9H2,1H3,(H,23,24). The van der Waals surface area contributed by atoms with Gasteiger partial charge in [-0.15, -0.1) is 0 Å². The van der Waals surface area contributed by atoms with Crippen molar-refractivity contribution >= 4 is 10.8 Å². The van der Waals surface area contributed by atoms with Gasteiger partial charge in [0.1, 0.15) is 11.6 Å². The van der Waals surface area contributed by atoms with E-state index in [0.29, 0.717) is 22.1 Å². The summed E-state index contributed by atoms with van der Waals surface area (Å²) in [5.41, 5.74) is 1.11. The number of fused-ring (bicyclic) bond motifs is 1. The van der Waals surface area contributed by atoms with Gasteiger partial charge in [0.2, 0.25) is 0 Å². The third kappa shape index (κ3) is 3.50. The molecule has 25 heavy (non-hydrogen) atoms. The lowest BCUT2D eigenvalue weighted by molar-refractivity contribution is -0.153. The average molecular weight is 351 g/mol. The maximum Gasteiger partial charge on any atom is 0.422 e. The highest BCUT2D eigenvalue weighted by Crippen LogP contribution is 2.31. The molecule has 0 aliphatic heterocycles. The molecule has 0 fully saturated rings. The smallest absolute Gasteiger partial charge is 0.422 e. The SMILES string of the molecule is Cc1c(F)cccc1-c1c[nH]c(=O)c2cc(OCC(F)(F)F)ccc12. The number of halogens is 4. The zero-order valence-electron chi connectivity index (χ0n) is 13.1. The monoisotopic (exact) mass is 351 g/mol. The molecule has 1 aromatic heterocycles. The molecule has 3 rings (SSSR count). The Morgan fingerprint density at radius 3 is 2.56 bits per heavy atom. The fourth-order valence-electron chi connectivity index (χ4n) is 2.62. The highest BCUT2D eigenvalue weighted by atomic mass is 19.4. The van der Waals surface area contributed by atoms with Gasteiger partial charge in [-0.3, -0.25) is 4.79 Å². The molecule has 0 saturated heterocycles. The molecule has 3 nitrogen and oxygen atoms in total. The molecular weight excluding hydrogens is 338 g/mol. The Hall–Kier alpha value is -2.83. The zero-order chi connectivity index (χ0) is 18.2. The predicted molar refractivity (Wildman–Crippen MR) is 86.2 cm³/mol. The molecule has 0 radical (unpaired) electrons. The van der Waals surface area contributed by atoms with Crippen LogP contribution in [0.1, 0.15) is 5.56 Å². The maximum atomic E-state index is 13.8. The van der Waals surface area contributed by atoms with Crippen LogP contribution in [0.15, 0.2) is 47.4 Å². The summed E-state index contributed by atoms with van der Waals surface area (Å²) in [6.07, 6.45) is -3.01. The highest BCUT2D eigenvalue weighted by Gasteiger charge is 2.28. The lowest BCUT2D eigenvalue weighted by Gasteiger charge is -2.12.